The highest BCUT2D eigenvalue weighted by atomic mass is 16.4. The number of aryl methyl sites for hydroxylation is 1. The molecule has 3 aromatic rings. The fraction of sp³-hybridized carbons (Fsp3) is 0.300. The zero-order valence-corrected chi connectivity index (χ0v) is 14.8. The molecule has 0 N–H and O–H groups in total. The van der Waals surface area contributed by atoms with Gasteiger partial charge in [0, 0.05) is 30.3 Å². The van der Waals surface area contributed by atoms with Gasteiger partial charge in [-0.25, -0.2) is 0 Å². The van der Waals surface area contributed by atoms with Crippen molar-refractivity contribution >= 4 is 5.91 Å². The molecule has 1 atom stereocenters. The molecule has 1 aliphatic rings. The summed E-state index contributed by atoms with van der Waals surface area (Å²) in [7, 11) is 0. The Morgan fingerprint density at radius 1 is 1.19 bits per heavy atom. The van der Waals surface area contributed by atoms with Crippen LogP contribution in [0.3, 0.4) is 0 Å². The predicted octanol–water partition coefficient (Wildman–Crippen LogP) is 3.81. The first kappa shape index (κ1) is 16.4. The Labute approximate surface area is 151 Å². The minimum absolute atomic E-state index is 0.00346. The highest BCUT2D eigenvalue weighted by Gasteiger charge is 2.37. The molecule has 4 rings (SSSR count). The summed E-state index contributed by atoms with van der Waals surface area (Å²) >= 11 is 0. The molecule has 2 heterocycles. The van der Waals surface area contributed by atoms with Crippen molar-refractivity contribution in [3.63, 3.8) is 0 Å². The van der Waals surface area contributed by atoms with E-state index in [0.29, 0.717) is 17.3 Å². The Bertz CT molecular complexity index is 918. The fourth-order valence-electron chi connectivity index (χ4n) is 3.12. The van der Waals surface area contributed by atoms with Crippen molar-refractivity contribution < 1.29 is 9.21 Å². The Morgan fingerprint density at radius 2 is 2.04 bits per heavy atom. The fourth-order valence-corrected chi connectivity index (χ4v) is 3.12. The summed E-state index contributed by atoms with van der Waals surface area (Å²) < 4.78 is 5.48. The van der Waals surface area contributed by atoms with Crippen molar-refractivity contribution in [1.82, 2.24) is 20.1 Å². The van der Waals surface area contributed by atoms with Crippen molar-refractivity contribution in [3.8, 4) is 11.5 Å². The van der Waals surface area contributed by atoms with Gasteiger partial charge in [-0.05, 0) is 50.1 Å². The van der Waals surface area contributed by atoms with Crippen LogP contribution in [0.2, 0.25) is 0 Å². The van der Waals surface area contributed by atoms with Gasteiger partial charge in [0.2, 0.25) is 11.8 Å². The van der Waals surface area contributed by atoms with E-state index in [-0.39, 0.29) is 18.0 Å². The Hall–Kier alpha value is -3.02. The van der Waals surface area contributed by atoms with Crippen LogP contribution in [-0.4, -0.2) is 32.0 Å². The number of aromatic nitrogens is 3. The van der Waals surface area contributed by atoms with Gasteiger partial charge in [-0.3, -0.25) is 9.78 Å². The standard InChI is InChI=1S/C20H20N4O2/c1-13(18-8-3-4-11-21-18)24(17-9-10-17)20(25)16-7-5-6-15(12-16)19-23-22-14(2)26-19/h3-8,11-13,17H,9-10H2,1-2H3. The van der Waals surface area contributed by atoms with E-state index in [1.807, 2.05) is 54.3 Å². The summed E-state index contributed by atoms with van der Waals surface area (Å²) in [6.45, 7) is 3.78. The normalized spacial score (nSPS) is 14.8. The summed E-state index contributed by atoms with van der Waals surface area (Å²) in [5.41, 5.74) is 2.27. The number of rotatable bonds is 5. The third kappa shape index (κ3) is 3.22. The van der Waals surface area contributed by atoms with E-state index in [9.17, 15) is 4.79 Å². The third-order valence-electron chi connectivity index (χ3n) is 4.59. The molecule has 2 aromatic heterocycles. The lowest BCUT2D eigenvalue weighted by molar-refractivity contribution is 0.0670. The van der Waals surface area contributed by atoms with Crippen LogP contribution in [0.4, 0.5) is 0 Å². The molecule has 1 aliphatic carbocycles. The molecule has 1 unspecified atom stereocenters. The van der Waals surface area contributed by atoms with Crippen molar-refractivity contribution in [2.75, 3.05) is 0 Å². The van der Waals surface area contributed by atoms with Gasteiger partial charge in [0.25, 0.3) is 5.91 Å². The maximum atomic E-state index is 13.3. The van der Waals surface area contributed by atoms with Gasteiger partial charge in [-0.15, -0.1) is 10.2 Å². The number of carbonyl (C=O) groups excluding carboxylic acids is 1. The average molecular weight is 348 g/mol. The number of benzene rings is 1. The van der Waals surface area contributed by atoms with E-state index >= 15 is 0 Å². The first-order chi connectivity index (χ1) is 12.6. The second-order valence-corrected chi connectivity index (χ2v) is 6.58. The monoisotopic (exact) mass is 348 g/mol. The molecule has 1 aromatic carbocycles. The second kappa shape index (κ2) is 6.71. The van der Waals surface area contributed by atoms with Crippen LogP contribution in [0.1, 0.15) is 47.7 Å². The van der Waals surface area contributed by atoms with Crippen LogP contribution in [0.25, 0.3) is 11.5 Å². The molecule has 0 aliphatic heterocycles. The van der Waals surface area contributed by atoms with Crippen LogP contribution in [0.15, 0.2) is 53.1 Å². The Kier molecular flexibility index (Phi) is 4.24. The van der Waals surface area contributed by atoms with Gasteiger partial charge >= 0.3 is 0 Å². The maximum Gasteiger partial charge on any atom is 0.254 e. The third-order valence-corrected chi connectivity index (χ3v) is 4.59. The summed E-state index contributed by atoms with van der Waals surface area (Å²) in [6.07, 6.45) is 3.83. The molecule has 6 heteroatoms. The molecule has 0 radical (unpaired) electrons. The average Bonchev–Trinajstić information content (AvgIpc) is 3.41. The van der Waals surface area contributed by atoms with Crippen LogP contribution in [0, 0.1) is 6.92 Å². The largest absolute Gasteiger partial charge is 0.421 e. The van der Waals surface area contributed by atoms with Gasteiger partial charge < -0.3 is 9.32 Å². The molecule has 1 amide bonds. The van der Waals surface area contributed by atoms with Crippen molar-refractivity contribution in [2.24, 2.45) is 0 Å². The van der Waals surface area contributed by atoms with E-state index < -0.39 is 0 Å². The molecule has 1 fully saturated rings. The molecule has 132 valence electrons. The van der Waals surface area contributed by atoms with Gasteiger partial charge in [0.15, 0.2) is 0 Å². The number of amides is 1. The summed E-state index contributed by atoms with van der Waals surface area (Å²) in [5.74, 6) is 0.928. The smallest absolute Gasteiger partial charge is 0.254 e. The van der Waals surface area contributed by atoms with Gasteiger partial charge in [0.1, 0.15) is 0 Å². The molecule has 1 saturated carbocycles. The second-order valence-electron chi connectivity index (χ2n) is 6.58. The van der Waals surface area contributed by atoms with E-state index in [1.54, 1.807) is 13.1 Å². The Balaban J connectivity index is 1.64. The number of nitrogens with zero attached hydrogens (tertiary/aromatic N) is 4. The van der Waals surface area contributed by atoms with Gasteiger partial charge in [-0.2, -0.15) is 0 Å². The predicted molar refractivity (Wildman–Crippen MR) is 96.3 cm³/mol. The number of carbonyl (C=O) groups is 1. The quantitative estimate of drug-likeness (QED) is 0.701. The Morgan fingerprint density at radius 3 is 2.69 bits per heavy atom. The molecule has 0 spiro atoms. The van der Waals surface area contributed by atoms with Crippen LogP contribution in [-0.2, 0) is 0 Å². The zero-order chi connectivity index (χ0) is 18.1. The van der Waals surface area contributed by atoms with Crippen LogP contribution >= 0.6 is 0 Å². The van der Waals surface area contributed by atoms with E-state index in [4.69, 9.17) is 4.42 Å². The number of pyridine rings is 1. The van der Waals surface area contributed by atoms with E-state index in [1.165, 1.54) is 0 Å². The van der Waals surface area contributed by atoms with Gasteiger partial charge in [-0.1, -0.05) is 12.1 Å². The highest BCUT2D eigenvalue weighted by Crippen LogP contribution is 2.35. The lowest BCUT2D eigenvalue weighted by Gasteiger charge is -2.29. The minimum atomic E-state index is -0.0782. The highest BCUT2D eigenvalue weighted by molar-refractivity contribution is 5.95. The first-order valence-corrected chi connectivity index (χ1v) is 8.77. The van der Waals surface area contributed by atoms with E-state index in [2.05, 4.69) is 15.2 Å². The minimum Gasteiger partial charge on any atom is -0.421 e. The van der Waals surface area contributed by atoms with Crippen molar-refractivity contribution in [3.05, 3.63) is 65.8 Å². The zero-order valence-electron chi connectivity index (χ0n) is 14.8. The first-order valence-electron chi connectivity index (χ1n) is 8.77. The van der Waals surface area contributed by atoms with E-state index in [0.717, 1.165) is 24.1 Å². The van der Waals surface area contributed by atoms with Crippen LogP contribution < -0.4 is 0 Å². The van der Waals surface area contributed by atoms with Crippen molar-refractivity contribution in [1.29, 1.82) is 0 Å². The van der Waals surface area contributed by atoms with Gasteiger partial charge in [0.05, 0.1) is 11.7 Å². The SMILES string of the molecule is Cc1nnc(-c2cccc(C(=O)N(C3CC3)C(C)c3ccccn3)c2)o1. The molecule has 0 saturated heterocycles. The summed E-state index contributed by atoms with van der Waals surface area (Å²) in [5, 5.41) is 7.90. The molecule has 0 bridgehead atoms. The molecule has 26 heavy (non-hydrogen) atoms. The lowest BCUT2D eigenvalue weighted by Crippen LogP contribution is -2.36. The maximum absolute atomic E-state index is 13.3. The van der Waals surface area contributed by atoms with Crippen molar-refractivity contribution in [2.45, 2.75) is 38.8 Å². The summed E-state index contributed by atoms with van der Waals surface area (Å²) in [6, 6.07) is 13.4. The topological polar surface area (TPSA) is 72.1 Å². The molecular formula is C20H20N4O2. The van der Waals surface area contributed by atoms with Crippen LogP contribution in [0.5, 0.6) is 0 Å². The molecular weight excluding hydrogens is 328 g/mol. The number of hydrogen-bond acceptors (Lipinski definition) is 5. The lowest BCUT2D eigenvalue weighted by atomic mass is 10.1. The molecule has 6 nitrogen and oxygen atoms in total. The summed E-state index contributed by atoms with van der Waals surface area (Å²) in [4.78, 5) is 19.6. The number of hydrogen-bond donors (Lipinski definition) is 0.